The second kappa shape index (κ2) is 8.62. The molecular weight excluding hydrogens is 378 g/mol. The molecule has 1 aromatic rings. The molecule has 27 heavy (non-hydrogen) atoms. The Kier molecular flexibility index (Phi) is 6.44. The minimum absolute atomic E-state index is 0.0858. The number of halogens is 2. The fourth-order valence-electron chi connectivity index (χ4n) is 3.64. The lowest BCUT2D eigenvalue weighted by atomic mass is 10.1. The Morgan fingerprint density at radius 3 is 2.41 bits per heavy atom. The average molecular weight is 402 g/mol. The Bertz CT molecular complexity index is 761. The number of hydrogen-bond acceptors (Lipinski definition) is 4. The third-order valence-electron chi connectivity index (χ3n) is 5.02. The van der Waals surface area contributed by atoms with Gasteiger partial charge in [0.25, 0.3) is 0 Å². The summed E-state index contributed by atoms with van der Waals surface area (Å²) in [5.41, 5.74) is 0. The fourth-order valence-corrected chi connectivity index (χ4v) is 5.41. The highest BCUT2D eigenvalue weighted by atomic mass is 32.2. The van der Waals surface area contributed by atoms with E-state index >= 15 is 0 Å². The number of nitrogens with zero attached hydrogens (tertiary/aromatic N) is 2. The van der Waals surface area contributed by atoms with Crippen LogP contribution in [0.1, 0.15) is 32.1 Å². The van der Waals surface area contributed by atoms with E-state index in [1.807, 2.05) is 0 Å². The summed E-state index contributed by atoms with van der Waals surface area (Å²) in [4.78, 5) is 13.1. The molecule has 0 bridgehead atoms. The van der Waals surface area contributed by atoms with E-state index in [4.69, 9.17) is 4.74 Å². The fraction of sp³-hybridized carbons (Fsp3) is 0.611. The minimum Gasteiger partial charge on any atom is -0.381 e. The van der Waals surface area contributed by atoms with Crippen LogP contribution in [0.2, 0.25) is 0 Å². The number of likely N-dealkylation sites (tertiary alicyclic amines) is 1. The van der Waals surface area contributed by atoms with Gasteiger partial charge in [0.05, 0.1) is 4.90 Å². The Hall–Kier alpha value is -1.58. The Morgan fingerprint density at radius 1 is 1.15 bits per heavy atom. The van der Waals surface area contributed by atoms with E-state index in [-0.39, 0.29) is 23.4 Å². The van der Waals surface area contributed by atoms with E-state index in [1.165, 1.54) is 4.31 Å². The van der Waals surface area contributed by atoms with E-state index in [1.54, 1.807) is 4.90 Å². The van der Waals surface area contributed by atoms with Crippen molar-refractivity contribution in [2.75, 3.05) is 32.8 Å². The summed E-state index contributed by atoms with van der Waals surface area (Å²) >= 11 is 0. The molecule has 6 nitrogen and oxygen atoms in total. The van der Waals surface area contributed by atoms with E-state index < -0.39 is 21.7 Å². The van der Waals surface area contributed by atoms with Crippen molar-refractivity contribution < 1.29 is 26.7 Å². The molecule has 0 spiro atoms. The molecular formula is C18H24F2N2O4S. The van der Waals surface area contributed by atoms with Crippen LogP contribution in [-0.4, -0.2) is 62.4 Å². The first-order valence-electron chi connectivity index (χ1n) is 9.21. The maximum absolute atomic E-state index is 13.6. The number of carbonyl (C=O) groups excluding carboxylic acids is 1. The second-order valence-corrected chi connectivity index (χ2v) is 8.79. The van der Waals surface area contributed by atoms with Crippen molar-refractivity contribution in [3.8, 4) is 0 Å². The standard InChI is InChI=1S/C18H24F2N2O4S/c19-14-11-15(20)13-17(12-14)27(24,25)22(16-4-9-26-10-5-16)8-2-7-21-6-1-3-18(21)23/h11-13,16H,1-10H2. The molecule has 0 unspecified atom stereocenters. The zero-order chi connectivity index (χ0) is 19.4. The molecule has 3 rings (SSSR count). The monoisotopic (exact) mass is 402 g/mol. The molecule has 2 aliphatic heterocycles. The minimum atomic E-state index is -4.06. The number of sulfonamides is 1. The van der Waals surface area contributed by atoms with Crippen molar-refractivity contribution in [2.24, 2.45) is 0 Å². The van der Waals surface area contributed by atoms with E-state index in [9.17, 15) is 22.0 Å². The second-order valence-electron chi connectivity index (χ2n) is 6.90. The van der Waals surface area contributed by atoms with E-state index in [0.717, 1.165) is 18.6 Å². The van der Waals surface area contributed by atoms with Crippen molar-refractivity contribution in [2.45, 2.75) is 43.0 Å². The lowest BCUT2D eigenvalue weighted by Crippen LogP contribution is -2.44. The van der Waals surface area contributed by atoms with Crippen LogP contribution in [0.3, 0.4) is 0 Å². The molecule has 0 aromatic heterocycles. The molecule has 0 N–H and O–H groups in total. The smallest absolute Gasteiger partial charge is 0.243 e. The summed E-state index contributed by atoms with van der Waals surface area (Å²) in [5.74, 6) is -1.77. The summed E-state index contributed by atoms with van der Waals surface area (Å²) in [5, 5.41) is 0. The van der Waals surface area contributed by atoms with Crippen LogP contribution in [-0.2, 0) is 19.6 Å². The van der Waals surface area contributed by atoms with Gasteiger partial charge in [-0.2, -0.15) is 4.31 Å². The predicted octanol–water partition coefficient (Wildman–Crippen LogP) is 2.15. The van der Waals surface area contributed by atoms with E-state index in [0.29, 0.717) is 58.1 Å². The van der Waals surface area contributed by atoms with Gasteiger partial charge in [0.1, 0.15) is 11.6 Å². The number of amides is 1. The van der Waals surface area contributed by atoms with Gasteiger partial charge in [-0.15, -0.1) is 0 Å². The van der Waals surface area contributed by atoms with Gasteiger partial charge in [0, 0.05) is 51.4 Å². The van der Waals surface area contributed by atoms with Gasteiger partial charge in [0.2, 0.25) is 15.9 Å². The molecule has 1 amide bonds. The molecule has 2 saturated heterocycles. The van der Waals surface area contributed by atoms with Crippen LogP contribution >= 0.6 is 0 Å². The van der Waals surface area contributed by atoms with Gasteiger partial charge in [-0.3, -0.25) is 4.79 Å². The van der Waals surface area contributed by atoms with Gasteiger partial charge < -0.3 is 9.64 Å². The summed E-state index contributed by atoms with van der Waals surface area (Å²) in [6, 6.07) is 2.05. The van der Waals surface area contributed by atoms with Gasteiger partial charge in [-0.25, -0.2) is 17.2 Å². The van der Waals surface area contributed by atoms with Crippen molar-refractivity contribution in [1.82, 2.24) is 9.21 Å². The quantitative estimate of drug-likeness (QED) is 0.701. The zero-order valence-corrected chi connectivity index (χ0v) is 15.9. The molecule has 2 heterocycles. The summed E-state index contributed by atoms with van der Waals surface area (Å²) in [7, 11) is -4.06. The number of rotatable bonds is 7. The van der Waals surface area contributed by atoms with Gasteiger partial charge in [0.15, 0.2) is 0 Å². The lowest BCUT2D eigenvalue weighted by Gasteiger charge is -2.33. The zero-order valence-electron chi connectivity index (χ0n) is 15.1. The molecule has 2 fully saturated rings. The van der Waals surface area contributed by atoms with Crippen molar-refractivity contribution in [3.05, 3.63) is 29.8 Å². The first-order valence-corrected chi connectivity index (χ1v) is 10.7. The third kappa shape index (κ3) is 4.83. The van der Waals surface area contributed by atoms with E-state index in [2.05, 4.69) is 0 Å². The lowest BCUT2D eigenvalue weighted by molar-refractivity contribution is -0.127. The highest BCUT2D eigenvalue weighted by molar-refractivity contribution is 7.89. The highest BCUT2D eigenvalue weighted by Gasteiger charge is 2.33. The normalized spacial score (nSPS) is 19.2. The predicted molar refractivity (Wildman–Crippen MR) is 94.5 cm³/mol. The average Bonchev–Trinajstić information content (AvgIpc) is 3.03. The van der Waals surface area contributed by atoms with Crippen LogP contribution in [0.4, 0.5) is 8.78 Å². The Morgan fingerprint density at radius 2 is 1.81 bits per heavy atom. The van der Waals surface area contributed by atoms with Crippen LogP contribution in [0.5, 0.6) is 0 Å². The summed E-state index contributed by atoms with van der Waals surface area (Å²) < 4.78 is 60.0. The Labute approximate surface area is 158 Å². The highest BCUT2D eigenvalue weighted by Crippen LogP contribution is 2.25. The van der Waals surface area contributed by atoms with Crippen LogP contribution in [0, 0.1) is 11.6 Å². The largest absolute Gasteiger partial charge is 0.381 e. The number of carbonyl (C=O) groups is 1. The third-order valence-corrected chi connectivity index (χ3v) is 6.95. The Balaban J connectivity index is 1.78. The van der Waals surface area contributed by atoms with Crippen molar-refractivity contribution in [1.29, 1.82) is 0 Å². The van der Waals surface area contributed by atoms with Crippen LogP contribution < -0.4 is 0 Å². The topological polar surface area (TPSA) is 66.9 Å². The summed E-state index contributed by atoms with van der Waals surface area (Å²) in [6.07, 6.45) is 2.88. The van der Waals surface area contributed by atoms with Crippen LogP contribution in [0.15, 0.2) is 23.1 Å². The molecule has 0 radical (unpaired) electrons. The van der Waals surface area contributed by atoms with Gasteiger partial charge >= 0.3 is 0 Å². The molecule has 0 saturated carbocycles. The molecule has 2 aliphatic rings. The maximum atomic E-state index is 13.6. The molecule has 1 aromatic carbocycles. The number of hydrogen-bond donors (Lipinski definition) is 0. The van der Waals surface area contributed by atoms with Crippen LogP contribution in [0.25, 0.3) is 0 Å². The van der Waals surface area contributed by atoms with Gasteiger partial charge in [-0.1, -0.05) is 0 Å². The summed E-state index contributed by atoms with van der Waals surface area (Å²) in [6.45, 7) is 2.25. The number of benzene rings is 1. The molecule has 150 valence electrons. The first-order chi connectivity index (χ1) is 12.9. The van der Waals surface area contributed by atoms with Crippen molar-refractivity contribution >= 4 is 15.9 Å². The van der Waals surface area contributed by atoms with Gasteiger partial charge in [-0.05, 0) is 37.8 Å². The molecule has 0 atom stereocenters. The molecule has 0 aliphatic carbocycles. The maximum Gasteiger partial charge on any atom is 0.243 e. The number of ether oxygens (including phenoxy) is 1. The first kappa shape index (κ1) is 20.2. The van der Waals surface area contributed by atoms with Crippen molar-refractivity contribution in [3.63, 3.8) is 0 Å². The SMILES string of the molecule is O=C1CCCN1CCCN(C1CCOCC1)S(=O)(=O)c1cc(F)cc(F)c1. The molecule has 9 heteroatoms.